The van der Waals surface area contributed by atoms with Crippen molar-refractivity contribution in [1.29, 1.82) is 0 Å². The second-order valence-corrected chi connectivity index (χ2v) is 12.9. The number of carbonyl (C=O) groups excluding carboxylic acids is 1. The highest BCUT2D eigenvalue weighted by Gasteiger charge is 2.55. The number of aliphatic carboxylic acids is 1. The highest BCUT2D eigenvalue weighted by molar-refractivity contribution is 5.75. The zero-order valence-corrected chi connectivity index (χ0v) is 21.1. The van der Waals surface area contributed by atoms with E-state index in [-0.39, 0.29) is 18.0 Å². The highest BCUT2D eigenvalue weighted by Crippen LogP contribution is 2.52. The van der Waals surface area contributed by atoms with Crippen molar-refractivity contribution in [2.45, 2.75) is 132 Å². The largest absolute Gasteiger partial charge is 0.481 e. The molecule has 8 heteroatoms. The Morgan fingerprint density at radius 3 is 1.92 bits per heavy atom. The van der Waals surface area contributed by atoms with Crippen LogP contribution in [0.3, 0.4) is 0 Å². The van der Waals surface area contributed by atoms with Gasteiger partial charge in [0.15, 0.2) is 0 Å². The molecule has 200 valence electrons. The zero-order chi connectivity index (χ0) is 24.4. The first-order chi connectivity index (χ1) is 17.5. The van der Waals surface area contributed by atoms with Gasteiger partial charge in [-0.05, 0) is 95.3 Å². The van der Waals surface area contributed by atoms with Gasteiger partial charge in [0.1, 0.15) is 0 Å². The fourth-order valence-corrected chi connectivity index (χ4v) is 7.78. The lowest BCUT2D eigenvalue weighted by Gasteiger charge is -2.35. The smallest absolute Gasteiger partial charge is 0.309 e. The number of carboxylic acids is 1. The van der Waals surface area contributed by atoms with Crippen molar-refractivity contribution in [3.63, 3.8) is 0 Å². The molecule has 0 radical (unpaired) electrons. The molecule has 0 aromatic carbocycles. The summed E-state index contributed by atoms with van der Waals surface area (Å²) >= 11 is 0. The van der Waals surface area contributed by atoms with Crippen molar-refractivity contribution in [1.82, 2.24) is 0 Å². The minimum Gasteiger partial charge on any atom is -0.481 e. The van der Waals surface area contributed by atoms with Gasteiger partial charge >= 0.3 is 11.9 Å². The Kier molecular flexibility index (Phi) is 6.11. The second kappa shape index (κ2) is 9.21. The summed E-state index contributed by atoms with van der Waals surface area (Å²) in [6, 6.07) is 0. The summed E-state index contributed by atoms with van der Waals surface area (Å²) in [5.74, 6) is 0.548. The molecule has 1 N–H and O–H groups in total. The van der Waals surface area contributed by atoms with Gasteiger partial charge in [0, 0.05) is 0 Å². The lowest BCUT2D eigenvalue weighted by atomic mass is 9.67. The van der Waals surface area contributed by atoms with Crippen LogP contribution in [-0.4, -0.2) is 72.5 Å². The maximum absolute atomic E-state index is 12.0. The molecular formula is C28H40O8. The van der Waals surface area contributed by atoms with Crippen LogP contribution in [0.25, 0.3) is 0 Å². The summed E-state index contributed by atoms with van der Waals surface area (Å²) in [6.07, 6.45) is 16.3. The Balaban J connectivity index is 0.000000122. The third kappa shape index (κ3) is 5.07. The first-order valence-corrected chi connectivity index (χ1v) is 14.5. The average Bonchev–Trinajstić information content (AvgIpc) is 3.71. The molecular weight excluding hydrogens is 464 g/mol. The van der Waals surface area contributed by atoms with E-state index in [1.807, 2.05) is 0 Å². The molecule has 0 aromatic rings. The fourth-order valence-electron chi connectivity index (χ4n) is 7.78. The van der Waals surface area contributed by atoms with Gasteiger partial charge in [-0.1, -0.05) is 0 Å². The van der Waals surface area contributed by atoms with Crippen LogP contribution < -0.4 is 0 Å². The molecule has 12 atom stereocenters. The number of hydrogen-bond acceptors (Lipinski definition) is 7. The first-order valence-electron chi connectivity index (χ1n) is 14.5. The van der Waals surface area contributed by atoms with Crippen molar-refractivity contribution < 1.29 is 38.4 Å². The van der Waals surface area contributed by atoms with Gasteiger partial charge in [-0.3, -0.25) is 9.59 Å². The number of carbonyl (C=O) groups is 2. The molecule has 8 aliphatic rings. The van der Waals surface area contributed by atoms with Crippen LogP contribution in [0, 0.1) is 23.2 Å². The Labute approximate surface area is 212 Å². The van der Waals surface area contributed by atoms with E-state index in [4.69, 9.17) is 23.7 Å². The van der Waals surface area contributed by atoms with E-state index in [1.54, 1.807) is 0 Å². The van der Waals surface area contributed by atoms with Crippen LogP contribution in [0.5, 0.6) is 0 Å². The Morgan fingerprint density at radius 2 is 1.28 bits per heavy atom. The van der Waals surface area contributed by atoms with E-state index in [1.165, 1.54) is 0 Å². The normalized spacial score (nSPS) is 51.1. The van der Waals surface area contributed by atoms with E-state index in [2.05, 4.69) is 0 Å². The molecule has 12 unspecified atom stereocenters. The maximum Gasteiger partial charge on any atom is 0.309 e. The van der Waals surface area contributed by atoms with E-state index in [0.717, 1.165) is 83.5 Å². The van der Waals surface area contributed by atoms with Crippen LogP contribution in [-0.2, 0) is 33.3 Å². The minimum atomic E-state index is -0.602. The summed E-state index contributed by atoms with van der Waals surface area (Å²) in [6.45, 7) is 0.594. The number of ether oxygens (including phenoxy) is 5. The molecule has 4 saturated heterocycles. The van der Waals surface area contributed by atoms with Crippen molar-refractivity contribution in [3.05, 3.63) is 0 Å². The van der Waals surface area contributed by atoms with Crippen LogP contribution in [0.15, 0.2) is 0 Å². The van der Waals surface area contributed by atoms with E-state index < -0.39 is 11.4 Å². The minimum absolute atomic E-state index is 0.00258. The summed E-state index contributed by atoms with van der Waals surface area (Å²) in [4.78, 5) is 23.7. The molecule has 36 heavy (non-hydrogen) atoms. The monoisotopic (exact) mass is 504 g/mol. The van der Waals surface area contributed by atoms with Gasteiger partial charge in [0.2, 0.25) is 0 Å². The van der Waals surface area contributed by atoms with Gasteiger partial charge in [-0.25, -0.2) is 0 Å². The van der Waals surface area contributed by atoms with Gasteiger partial charge in [-0.2, -0.15) is 0 Å². The summed E-state index contributed by atoms with van der Waals surface area (Å²) in [7, 11) is 0. The molecule has 8 rings (SSSR count). The molecule has 0 spiro atoms. The maximum atomic E-state index is 12.0. The summed E-state index contributed by atoms with van der Waals surface area (Å²) in [5.41, 5.74) is -0.510. The number of epoxide rings is 4. The zero-order valence-electron chi connectivity index (χ0n) is 21.1. The Morgan fingerprint density at radius 1 is 0.694 bits per heavy atom. The van der Waals surface area contributed by atoms with Gasteiger partial charge in [-0.15, -0.1) is 0 Å². The quantitative estimate of drug-likeness (QED) is 0.431. The van der Waals surface area contributed by atoms with Crippen LogP contribution in [0.4, 0.5) is 0 Å². The van der Waals surface area contributed by atoms with Crippen LogP contribution >= 0.6 is 0 Å². The van der Waals surface area contributed by atoms with Crippen molar-refractivity contribution in [3.8, 4) is 0 Å². The molecule has 0 bridgehead atoms. The topological polar surface area (TPSA) is 114 Å². The average molecular weight is 505 g/mol. The van der Waals surface area contributed by atoms with E-state index >= 15 is 0 Å². The highest BCUT2D eigenvalue weighted by atomic mass is 16.6. The Hall–Kier alpha value is -1.22. The molecule has 4 aliphatic heterocycles. The SMILES string of the molecule is O=C(O)C1(CC2CCC3OC3C2)CCC2OC2C1.O=C(OCC1CCC2OC2C1)C1CCC2OC2C1. The van der Waals surface area contributed by atoms with Crippen LogP contribution in [0.1, 0.15) is 83.5 Å². The fraction of sp³-hybridized carbons (Fsp3) is 0.929. The molecule has 0 aromatic heterocycles. The van der Waals surface area contributed by atoms with Crippen LogP contribution in [0.2, 0.25) is 0 Å². The number of carboxylic acid groups (broad SMARTS) is 1. The molecule has 8 nitrogen and oxygen atoms in total. The third-order valence-electron chi connectivity index (χ3n) is 10.3. The predicted octanol–water partition coefficient (Wildman–Crippen LogP) is 3.63. The van der Waals surface area contributed by atoms with Crippen molar-refractivity contribution in [2.24, 2.45) is 23.2 Å². The number of rotatable bonds is 6. The third-order valence-corrected chi connectivity index (χ3v) is 10.3. The standard InChI is InChI=1S/2C14H20O4/c15-14(9-2-4-11-13(6-9)18-11)16-7-8-1-3-10-12(5-8)17-10;15-13(16)14(4-3-10-12(7-14)18-10)6-8-1-2-9-11(5-8)17-9/h8-13H,1-7H2;8-12H,1-7H2,(H,15,16). The van der Waals surface area contributed by atoms with Gasteiger partial charge < -0.3 is 28.8 Å². The predicted molar refractivity (Wildman–Crippen MR) is 126 cm³/mol. The molecule has 4 aliphatic carbocycles. The number of fused-ring (bicyclic) bond motifs is 4. The number of hydrogen-bond donors (Lipinski definition) is 1. The lowest BCUT2D eigenvalue weighted by molar-refractivity contribution is -0.152. The molecule has 4 heterocycles. The van der Waals surface area contributed by atoms with E-state index in [9.17, 15) is 14.7 Å². The second-order valence-electron chi connectivity index (χ2n) is 12.9. The lowest BCUT2D eigenvalue weighted by Crippen LogP contribution is -2.38. The summed E-state index contributed by atoms with van der Waals surface area (Å²) in [5, 5.41) is 9.65. The van der Waals surface area contributed by atoms with Gasteiger partial charge in [0.05, 0.1) is 66.8 Å². The van der Waals surface area contributed by atoms with Crippen molar-refractivity contribution in [2.75, 3.05) is 6.61 Å². The van der Waals surface area contributed by atoms with E-state index in [0.29, 0.717) is 61.2 Å². The Bertz CT molecular complexity index is 876. The van der Waals surface area contributed by atoms with Crippen molar-refractivity contribution >= 4 is 11.9 Å². The first kappa shape index (κ1) is 23.9. The molecule has 4 saturated carbocycles. The van der Waals surface area contributed by atoms with Gasteiger partial charge in [0.25, 0.3) is 0 Å². The molecule has 0 amide bonds. The summed E-state index contributed by atoms with van der Waals surface area (Å²) < 4.78 is 27.5. The number of esters is 1. The molecule has 8 fully saturated rings.